The number of fused-ring (bicyclic) bond motifs is 1. The molecule has 0 saturated carbocycles. The zero-order valence-electron chi connectivity index (χ0n) is 19.6. The van der Waals surface area contributed by atoms with Crippen LogP contribution in [-0.2, 0) is 16.0 Å². The summed E-state index contributed by atoms with van der Waals surface area (Å²) in [6.07, 6.45) is 2.37. The number of methoxy groups -OCH3 is 1. The molecule has 0 spiro atoms. The van der Waals surface area contributed by atoms with E-state index < -0.39 is 17.7 Å². The average Bonchev–Trinajstić information content (AvgIpc) is 3.40. The Balaban J connectivity index is 1.57. The molecule has 1 aromatic heterocycles. The molecule has 1 fully saturated rings. The number of aliphatic hydroxyl groups is 1. The van der Waals surface area contributed by atoms with Crippen molar-refractivity contribution in [1.82, 2.24) is 9.88 Å². The number of hydrogen-bond donors (Lipinski definition) is 2. The van der Waals surface area contributed by atoms with Gasteiger partial charge in [0, 0.05) is 38.7 Å². The maximum absolute atomic E-state index is 13.3. The normalized spacial score (nSPS) is 17.1. The molecule has 1 amide bonds. The van der Waals surface area contributed by atoms with E-state index in [4.69, 9.17) is 27.9 Å². The first kappa shape index (κ1) is 25.4. The van der Waals surface area contributed by atoms with E-state index in [0.717, 1.165) is 26.7 Å². The zero-order valence-corrected chi connectivity index (χ0v) is 22.7. The number of halogens is 3. The number of carbonyl (C=O) groups is 2. The van der Waals surface area contributed by atoms with Gasteiger partial charge < -0.3 is 19.7 Å². The van der Waals surface area contributed by atoms with E-state index in [-0.39, 0.29) is 28.5 Å². The molecule has 0 bridgehead atoms. The van der Waals surface area contributed by atoms with Crippen LogP contribution >= 0.6 is 39.1 Å². The standard InChI is InChI=1S/C28H21BrCl2N2O4/c1-37-19-7-9-23-21(13-19)16(14-32-23)10-11-33-25(15-2-4-17(29)5-3-15)24(27(35)28(33)36)26(34)20-8-6-18(30)12-22(20)31/h2-9,12-14,25,32,34H,10-11H2,1H3/t25-/m0/s1. The topological polar surface area (TPSA) is 82.6 Å². The van der Waals surface area contributed by atoms with Crippen molar-refractivity contribution in [3.63, 3.8) is 0 Å². The lowest BCUT2D eigenvalue weighted by molar-refractivity contribution is -0.139. The summed E-state index contributed by atoms with van der Waals surface area (Å²) in [7, 11) is 1.61. The molecule has 1 aliphatic rings. The van der Waals surface area contributed by atoms with E-state index >= 15 is 0 Å². The molecular weight excluding hydrogens is 579 g/mol. The van der Waals surface area contributed by atoms with Crippen LogP contribution in [0.4, 0.5) is 0 Å². The fourth-order valence-electron chi connectivity index (χ4n) is 4.66. The molecule has 37 heavy (non-hydrogen) atoms. The first-order valence-electron chi connectivity index (χ1n) is 11.4. The Morgan fingerprint density at radius 2 is 1.84 bits per heavy atom. The molecule has 6 nitrogen and oxygen atoms in total. The van der Waals surface area contributed by atoms with E-state index in [1.54, 1.807) is 13.2 Å². The van der Waals surface area contributed by atoms with Gasteiger partial charge in [-0.05, 0) is 66.1 Å². The second-order valence-electron chi connectivity index (χ2n) is 8.64. The van der Waals surface area contributed by atoms with Gasteiger partial charge in [-0.15, -0.1) is 0 Å². The number of carbonyl (C=O) groups excluding carboxylic acids is 2. The summed E-state index contributed by atoms with van der Waals surface area (Å²) < 4.78 is 6.21. The number of aromatic nitrogens is 1. The summed E-state index contributed by atoms with van der Waals surface area (Å²) in [5.74, 6) is -1.07. The van der Waals surface area contributed by atoms with E-state index in [1.165, 1.54) is 17.0 Å². The first-order valence-corrected chi connectivity index (χ1v) is 13.0. The van der Waals surface area contributed by atoms with Gasteiger partial charge in [-0.25, -0.2) is 0 Å². The van der Waals surface area contributed by atoms with Crippen molar-refractivity contribution < 1.29 is 19.4 Å². The molecule has 9 heteroatoms. The number of hydrogen-bond acceptors (Lipinski definition) is 4. The Morgan fingerprint density at radius 3 is 2.54 bits per heavy atom. The highest BCUT2D eigenvalue weighted by Gasteiger charge is 2.46. The molecule has 2 N–H and O–H groups in total. The maximum Gasteiger partial charge on any atom is 0.295 e. The molecule has 1 atom stereocenters. The first-order chi connectivity index (χ1) is 17.8. The summed E-state index contributed by atoms with van der Waals surface area (Å²) in [6, 6.07) is 16.8. The summed E-state index contributed by atoms with van der Waals surface area (Å²) in [5.41, 5.74) is 2.83. The summed E-state index contributed by atoms with van der Waals surface area (Å²) in [5, 5.41) is 12.8. The zero-order chi connectivity index (χ0) is 26.3. The van der Waals surface area contributed by atoms with Crippen LogP contribution in [0, 0.1) is 0 Å². The van der Waals surface area contributed by atoms with Crippen LogP contribution < -0.4 is 4.74 Å². The molecule has 4 aromatic rings. The monoisotopic (exact) mass is 598 g/mol. The number of nitrogens with one attached hydrogen (secondary N) is 1. The lowest BCUT2D eigenvalue weighted by Gasteiger charge is -2.25. The molecule has 1 aliphatic heterocycles. The Bertz CT molecular complexity index is 1560. The van der Waals surface area contributed by atoms with Gasteiger partial charge in [0.15, 0.2) is 0 Å². The van der Waals surface area contributed by atoms with Gasteiger partial charge in [0.25, 0.3) is 11.7 Å². The Labute approximate surface area is 231 Å². The maximum atomic E-state index is 13.3. The highest BCUT2D eigenvalue weighted by molar-refractivity contribution is 9.10. The van der Waals surface area contributed by atoms with E-state index in [9.17, 15) is 14.7 Å². The van der Waals surface area contributed by atoms with Gasteiger partial charge in [-0.2, -0.15) is 0 Å². The Kier molecular flexibility index (Phi) is 7.03. The number of rotatable bonds is 6. The minimum absolute atomic E-state index is 0.0165. The molecule has 0 aliphatic carbocycles. The van der Waals surface area contributed by atoms with Crippen molar-refractivity contribution in [2.45, 2.75) is 12.5 Å². The Hall–Kier alpha value is -3.26. The van der Waals surface area contributed by atoms with Crippen LogP contribution in [0.1, 0.15) is 22.7 Å². The molecule has 0 unspecified atom stereocenters. The number of aliphatic hydroxyl groups excluding tert-OH is 1. The van der Waals surface area contributed by atoms with Gasteiger partial charge in [-0.1, -0.05) is 51.3 Å². The van der Waals surface area contributed by atoms with Crippen LogP contribution in [0.3, 0.4) is 0 Å². The van der Waals surface area contributed by atoms with E-state index in [1.807, 2.05) is 48.7 Å². The van der Waals surface area contributed by atoms with Gasteiger partial charge in [-0.3, -0.25) is 9.59 Å². The SMILES string of the molecule is COc1ccc2[nH]cc(CCN3C(=O)C(=O)C(=C(O)c4ccc(Cl)cc4Cl)[C@@H]3c3ccc(Br)cc3)c2c1. The Morgan fingerprint density at radius 1 is 1.08 bits per heavy atom. The fraction of sp³-hybridized carbons (Fsp3) is 0.143. The van der Waals surface area contributed by atoms with Crippen LogP contribution in [0.5, 0.6) is 5.75 Å². The quantitative estimate of drug-likeness (QED) is 0.143. The van der Waals surface area contributed by atoms with Crippen molar-refractivity contribution in [2.75, 3.05) is 13.7 Å². The molecule has 3 aromatic carbocycles. The summed E-state index contributed by atoms with van der Waals surface area (Å²) in [6.45, 7) is 0.251. The highest BCUT2D eigenvalue weighted by Crippen LogP contribution is 2.41. The number of likely N-dealkylation sites (tertiary alicyclic amines) is 1. The number of nitrogens with zero attached hydrogens (tertiary/aromatic N) is 1. The number of ketones is 1. The third-order valence-electron chi connectivity index (χ3n) is 6.51. The summed E-state index contributed by atoms with van der Waals surface area (Å²) in [4.78, 5) is 31.3. The van der Waals surface area contributed by atoms with E-state index in [2.05, 4.69) is 20.9 Å². The average molecular weight is 600 g/mol. The van der Waals surface area contributed by atoms with Crippen molar-refractivity contribution >= 4 is 67.5 Å². The predicted molar refractivity (Wildman–Crippen MR) is 148 cm³/mol. The van der Waals surface area contributed by atoms with Crippen molar-refractivity contribution in [3.05, 3.63) is 104 Å². The lowest BCUT2D eigenvalue weighted by Crippen LogP contribution is -2.31. The molecule has 0 radical (unpaired) electrons. The fourth-order valence-corrected chi connectivity index (χ4v) is 5.42. The number of H-pyrrole nitrogens is 1. The lowest BCUT2D eigenvalue weighted by atomic mass is 9.95. The minimum Gasteiger partial charge on any atom is -0.507 e. The van der Waals surface area contributed by atoms with Gasteiger partial charge in [0.1, 0.15) is 11.5 Å². The molecule has 5 rings (SSSR count). The molecule has 2 heterocycles. The number of Topliss-reactive ketones (excluding diaryl/α,β-unsaturated/α-hetero) is 1. The summed E-state index contributed by atoms with van der Waals surface area (Å²) >= 11 is 15.8. The number of ether oxygens (including phenoxy) is 1. The molecular formula is C28H21BrCl2N2O4. The van der Waals surface area contributed by atoms with E-state index in [0.29, 0.717) is 17.0 Å². The number of amides is 1. The molecule has 1 saturated heterocycles. The highest BCUT2D eigenvalue weighted by atomic mass is 79.9. The van der Waals surface area contributed by atoms with Crippen LogP contribution in [0.25, 0.3) is 16.7 Å². The van der Waals surface area contributed by atoms with Gasteiger partial charge in [0.2, 0.25) is 0 Å². The van der Waals surface area contributed by atoms with Gasteiger partial charge in [0.05, 0.1) is 23.7 Å². The number of benzene rings is 3. The molecule has 188 valence electrons. The smallest absolute Gasteiger partial charge is 0.295 e. The van der Waals surface area contributed by atoms with Crippen molar-refractivity contribution in [3.8, 4) is 5.75 Å². The van der Waals surface area contributed by atoms with Crippen LogP contribution in [-0.4, -0.2) is 40.3 Å². The largest absolute Gasteiger partial charge is 0.507 e. The van der Waals surface area contributed by atoms with Crippen molar-refractivity contribution in [2.24, 2.45) is 0 Å². The van der Waals surface area contributed by atoms with Crippen LogP contribution in [0.15, 0.2) is 76.9 Å². The number of aromatic amines is 1. The minimum atomic E-state index is -0.792. The van der Waals surface area contributed by atoms with Crippen LogP contribution in [0.2, 0.25) is 10.0 Å². The van der Waals surface area contributed by atoms with Gasteiger partial charge >= 0.3 is 0 Å². The second kappa shape index (κ2) is 10.2. The predicted octanol–water partition coefficient (Wildman–Crippen LogP) is 6.91. The second-order valence-corrected chi connectivity index (χ2v) is 10.4. The van der Waals surface area contributed by atoms with Crippen molar-refractivity contribution in [1.29, 1.82) is 0 Å². The third kappa shape index (κ3) is 4.75. The third-order valence-corrected chi connectivity index (χ3v) is 7.59.